The van der Waals surface area contributed by atoms with Crippen LogP contribution in [0.1, 0.15) is 37.1 Å². The molecule has 0 fully saturated rings. The molecule has 0 radical (unpaired) electrons. The highest BCUT2D eigenvalue weighted by Crippen LogP contribution is 2.12. The Bertz CT molecular complexity index is 337. The largest absolute Gasteiger partial charge is 0.455 e. The van der Waals surface area contributed by atoms with E-state index in [9.17, 15) is 4.79 Å². The molecule has 1 rings (SSSR count). The summed E-state index contributed by atoms with van der Waals surface area (Å²) < 4.78 is 5.22. The highest BCUT2D eigenvalue weighted by Gasteiger charge is 2.15. The summed E-state index contributed by atoms with van der Waals surface area (Å²) >= 11 is 0. The van der Waals surface area contributed by atoms with Crippen molar-refractivity contribution in [2.24, 2.45) is 11.1 Å². The molecular formula is C11H18N2O2. The molecule has 0 saturated heterocycles. The van der Waals surface area contributed by atoms with Crippen molar-refractivity contribution >= 4 is 5.91 Å². The Kier molecular flexibility index (Phi) is 3.52. The summed E-state index contributed by atoms with van der Waals surface area (Å²) in [6.45, 7) is 7.10. The molecule has 0 aromatic carbocycles. The first-order valence-corrected chi connectivity index (χ1v) is 4.99. The third-order valence-electron chi connectivity index (χ3n) is 1.87. The number of carbonyl (C=O) groups is 1. The number of furan rings is 1. The normalized spacial score (nSPS) is 11.5. The minimum Gasteiger partial charge on any atom is -0.455 e. The van der Waals surface area contributed by atoms with Gasteiger partial charge in [-0.15, -0.1) is 0 Å². The first-order valence-electron chi connectivity index (χ1n) is 4.99. The van der Waals surface area contributed by atoms with Crippen molar-refractivity contribution in [3.05, 3.63) is 23.7 Å². The van der Waals surface area contributed by atoms with Crippen LogP contribution in [0.5, 0.6) is 0 Å². The Morgan fingerprint density at radius 3 is 2.60 bits per heavy atom. The van der Waals surface area contributed by atoms with Gasteiger partial charge in [-0.1, -0.05) is 20.8 Å². The molecule has 0 saturated carbocycles. The maximum Gasteiger partial charge on any atom is 0.287 e. The van der Waals surface area contributed by atoms with E-state index in [4.69, 9.17) is 10.2 Å². The van der Waals surface area contributed by atoms with Gasteiger partial charge in [0.1, 0.15) is 5.76 Å². The van der Waals surface area contributed by atoms with Crippen LogP contribution in [0.4, 0.5) is 0 Å². The van der Waals surface area contributed by atoms with Crippen molar-refractivity contribution in [2.45, 2.75) is 27.3 Å². The highest BCUT2D eigenvalue weighted by atomic mass is 16.4. The average Bonchev–Trinajstić information content (AvgIpc) is 2.61. The zero-order valence-corrected chi connectivity index (χ0v) is 9.46. The average molecular weight is 210 g/mol. The van der Waals surface area contributed by atoms with Gasteiger partial charge in [-0.25, -0.2) is 0 Å². The van der Waals surface area contributed by atoms with Crippen LogP contribution in [0.15, 0.2) is 16.5 Å². The number of amides is 1. The van der Waals surface area contributed by atoms with Crippen molar-refractivity contribution < 1.29 is 9.21 Å². The van der Waals surface area contributed by atoms with E-state index >= 15 is 0 Å². The molecule has 1 aromatic heterocycles. The fourth-order valence-corrected chi connectivity index (χ4v) is 1.04. The van der Waals surface area contributed by atoms with E-state index in [0.717, 1.165) is 0 Å². The molecule has 84 valence electrons. The first kappa shape index (κ1) is 11.8. The quantitative estimate of drug-likeness (QED) is 0.794. The summed E-state index contributed by atoms with van der Waals surface area (Å²) in [5.74, 6) is 0.750. The van der Waals surface area contributed by atoms with Crippen LogP contribution in [0.3, 0.4) is 0 Å². The lowest BCUT2D eigenvalue weighted by molar-refractivity contribution is 0.0909. The van der Waals surface area contributed by atoms with Gasteiger partial charge in [0.15, 0.2) is 5.76 Å². The van der Waals surface area contributed by atoms with E-state index in [0.29, 0.717) is 24.6 Å². The number of nitrogens with one attached hydrogen (secondary N) is 1. The van der Waals surface area contributed by atoms with E-state index < -0.39 is 0 Å². The van der Waals surface area contributed by atoms with Crippen molar-refractivity contribution in [3.63, 3.8) is 0 Å². The van der Waals surface area contributed by atoms with Crippen molar-refractivity contribution in [1.82, 2.24) is 5.32 Å². The molecule has 0 aliphatic carbocycles. The Labute approximate surface area is 89.8 Å². The van der Waals surface area contributed by atoms with E-state index in [1.54, 1.807) is 12.1 Å². The lowest BCUT2D eigenvalue weighted by atomic mass is 9.97. The fourth-order valence-electron chi connectivity index (χ4n) is 1.04. The van der Waals surface area contributed by atoms with Crippen LogP contribution in [-0.2, 0) is 6.54 Å². The van der Waals surface area contributed by atoms with E-state index in [2.05, 4.69) is 26.1 Å². The second-order valence-corrected chi connectivity index (χ2v) is 4.71. The van der Waals surface area contributed by atoms with Crippen LogP contribution in [0.25, 0.3) is 0 Å². The Morgan fingerprint density at radius 2 is 2.13 bits per heavy atom. The molecule has 4 nitrogen and oxygen atoms in total. The SMILES string of the molecule is CC(C)(C)CNC(=O)c1ccc(CN)o1. The summed E-state index contributed by atoms with van der Waals surface area (Å²) in [5, 5.41) is 2.80. The molecule has 0 unspecified atom stereocenters. The maximum absolute atomic E-state index is 11.6. The Hall–Kier alpha value is -1.29. The molecule has 0 spiro atoms. The van der Waals surface area contributed by atoms with Crippen molar-refractivity contribution in [1.29, 1.82) is 0 Å². The molecule has 4 heteroatoms. The van der Waals surface area contributed by atoms with Crippen LogP contribution in [-0.4, -0.2) is 12.5 Å². The number of hydrogen-bond acceptors (Lipinski definition) is 3. The van der Waals surface area contributed by atoms with Crippen LogP contribution < -0.4 is 11.1 Å². The monoisotopic (exact) mass is 210 g/mol. The summed E-state index contributed by atoms with van der Waals surface area (Å²) in [6.07, 6.45) is 0. The highest BCUT2D eigenvalue weighted by molar-refractivity contribution is 5.91. The van der Waals surface area contributed by atoms with Crippen LogP contribution >= 0.6 is 0 Å². The van der Waals surface area contributed by atoms with Crippen LogP contribution in [0, 0.1) is 5.41 Å². The maximum atomic E-state index is 11.6. The molecule has 0 atom stereocenters. The zero-order chi connectivity index (χ0) is 11.5. The van der Waals surface area contributed by atoms with Crippen LogP contribution in [0.2, 0.25) is 0 Å². The third kappa shape index (κ3) is 3.75. The lowest BCUT2D eigenvalue weighted by Crippen LogP contribution is -2.31. The number of rotatable bonds is 3. The Balaban J connectivity index is 2.54. The van der Waals surface area contributed by atoms with Gasteiger partial charge >= 0.3 is 0 Å². The second-order valence-electron chi connectivity index (χ2n) is 4.71. The van der Waals surface area contributed by atoms with E-state index in [1.807, 2.05) is 0 Å². The summed E-state index contributed by atoms with van der Waals surface area (Å²) in [4.78, 5) is 11.6. The minimum absolute atomic E-state index is 0.0684. The summed E-state index contributed by atoms with van der Waals surface area (Å²) in [7, 11) is 0. The first-order chi connectivity index (χ1) is 6.92. The van der Waals surface area contributed by atoms with Crippen molar-refractivity contribution in [2.75, 3.05) is 6.54 Å². The number of carbonyl (C=O) groups excluding carboxylic acids is 1. The van der Waals surface area contributed by atoms with Gasteiger partial charge in [0.2, 0.25) is 0 Å². The van der Waals surface area contributed by atoms with Gasteiger partial charge in [0, 0.05) is 6.54 Å². The van der Waals surface area contributed by atoms with E-state index in [1.165, 1.54) is 0 Å². The predicted octanol–water partition coefficient (Wildman–Crippen LogP) is 1.51. The molecule has 0 aliphatic rings. The second kappa shape index (κ2) is 4.49. The lowest BCUT2D eigenvalue weighted by Gasteiger charge is -2.17. The number of hydrogen-bond donors (Lipinski definition) is 2. The van der Waals surface area contributed by atoms with Gasteiger partial charge in [-0.2, -0.15) is 0 Å². The molecular weight excluding hydrogens is 192 g/mol. The smallest absolute Gasteiger partial charge is 0.287 e. The van der Waals surface area contributed by atoms with Gasteiger partial charge in [-0.3, -0.25) is 4.79 Å². The van der Waals surface area contributed by atoms with Gasteiger partial charge < -0.3 is 15.5 Å². The number of nitrogens with two attached hydrogens (primary N) is 1. The van der Waals surface area contributed by atoms with Gasteiger partial charge in [0.05, 0.1) is 6.54 Å². The molecule has 0 bridgehead atoms. The summed E-state index contributed by atoms with van der Waals surface area (Å²) in [5.41, 5.74) is 5.45. The minimum atomic E-state index is -0.190. The standard InChI is InChI=1S/C11H18N2O2/c1-11(2,3)7-13-10(14)9-5-4-8(6-12)15-9/h4-5H,6-7,12H2,1-3H3,(H,13,14). The fraction of sp³-hybridized carbons (Fsp3) is 0.545. The van der Waals surface area contributed by atoms with Gasteiger partial charge in [0.25, 0.3) is 5.91 Å². The topological polar surface area (TPSA) is 68.3 Å². The molecule has 1 heterocycles. The van der Waals surface area contributed by atoms with Gasteiger partial charge in [-0.05, 0) is 17.5 Å². The van der Waals surface area contributed by atoms with Crippen molar-refractivity contribution in [3.8, 4) is 0 Å². The molecule has 15 heavy (non-hydrogen) atoms. The zero-order valence-electron chi connectivity index (χ0n) is 9.46. The predicted molar refractivity (Wildman–Crippen MR) is 58.4 cm³/mol. The molecule has 1 amide bonds. The third-order valence-corrected chi connectivity index (χ3v) is 1.87. The molecule has 3 N–H and O–H groups in total. The molecule has 1 aromatic rings. The van der Waals surface area contributed by atoms with E-state index in [-0.39, 0.29) is 11.3 Å². The summed E-state index contributed by atoms with van der Waals surface area (Å²) in [6, 6.07) is 3.35. The molecule has 0 aliphatic heterocycles. The Morgan fingerprint density at radius 1 is 1.47 bits per heavy atom.